The summed E-state index contributed by atoms with van der Waals surface area (Å²) in [7, 11) is -2.00. The van der Waals surface area contributed by atoms with Gasteiger partial charge in [-0.05, 0) is 7.05 Å². The maximum absolute atomic E-state index is 11.7. The van der Waals surface area contributed by atoms with Crippen molar-refractivity contribution in [3.63, 3.8) is 0 Å². The molecule has 0 spiro atoms. The number of sulfonamides is 1. The minimum Gasteiger partial charge on any atom is -0.394 e. The second-order valence-electron chi connectivity index (χ2n) is 3.57. The SMILES string of the molecule is CNS(=O)(=O)CCNc1cnn(CCO)c(=O)c1Cl. The number of aromatic nitrogens is 2. The van der Waals surface area contributed by atoms with Crippen molar-refractivity contribution in [2.45, 2.75) is 6.54 Å². The highest BCUT2D eigenvalue weighted by Crippen LogP contribution is 2.14. The van der Waals surface area contributed by atoms with Crippen molar-refractivity contribution in [3.8, 4) is 0 Å². The molecule has 0 aliphatic rings. The molecule has 0 aliphatic heterocycles. The van der Waals surface area contributed by atoms with Crippen LogP contribution in [0.3, 0.4) is 0 Å². The quantitative estimate of drug-likeness (QED) is 0.586. The van der Waals surface area contributed by atoms with E-state index >= 15 is 0 Å². The summed E-state index contributed by atoms with van der Waals surface area (Å²) in [5, 5.41) is 15.2. The van der Waals surface area contributed by atoms with E-state index in [0.717, 1.165) is 4.68 Å². The molecule has 0 bridgehead atoms. The fourth-order valence-corrected chi connectivity index (χ4v) is 2.05. The van der Waals surface area contributed by atoms with Gasteiger partial charge in [-0.3, -0.25) is 4.79 Å². The number of aliphatic hydroxyl groups is 1. The zero-order chi connectivity index (χ0) is 14.5. The van der Waals surface area contributed by atoms with Crippen LogP contribution in [-0.2, 0) is 16.6 Å². The molecule has 0 unspecified atom stereocenters. The largest absolute Gasteiger partial charge is 0.394 e. The van der Waals surface area contributed by atoms with Gasteiger partial charge < -0.3 is 10.4 Å². The minimum atomic E-state index is -3.32. The molecule has 0 aromatic carbocycles. The summed E-state index contributed by atoms with van der Waals surface area (Å²) in [6.07, 6.45) is 1.31. The summed E-state index contributed by atoms with van der Waals surface area (Å²) in [6, 6.07) is 0. The van der Waals surface area contributed by atoms with Crippen LogP contribution in [0.2, 0.25) is 5.02 Å². The Morgan fingerprint density at radius 2 is 2.21 bits per heavy atom. The van der Waals surface area contributed by atoms with Crippen LogP contribution in [0.15, 0.2) is 11.0 Å². The molecule has 1 aromatic rings. The van der Waals surface area contributed by atoms with Gasteiger partial charge in [-0.1, -0.05) is 11.6 Å². The number of hydrogen-bond donors (Lipinski definition) is 3. The van der Waals surface area contributed by atoms with Gasteiger partial charge in [0.05, 0.1) is 30.8 Å². The van der Waals surface area contributed by atoms with Crippen LogP contribution in [0, 0.1) is 0 Å². The van der Waals surface area contributed by atoms with Crippen molar-refractivity contribution in [1.29, 1.82) is 0 Å². The fraction of sp³-hybridized carbons (Fsp3) is 0.556. The standard InChI is InChI=1S/C9H15ClN4O4S/c1-11-19(17,18)5-2-12-7-6-13-14(3-4-15)9(16)8(7)10/h6,11-12,15H,2-5H2,1H3. The average Bonchev–Trinajstić information content (AvgIpc) is 2.38. The summed E-state index contributed by atoms with van der Waals surface area (Å²) in [5.41, 5.74) is -0.288. The second-order valence-corrected chi connectivity index (χ2v) is 6.00. The number of nitrogens with zero attached hydrogens (tertiary/aromatic N) is 2. The molecule has 19 heavy (non-hydrogen) atoms. The monoisotopic (exact) mass is 310 g/mol. The lowest BCUT2D eigenvalue weighted by Crippen LogP contribution is -2.28. The number of nitrogens with one attached hydrogen (secondary N) is 2. The Morgan fingerprint density at radius 1 is 1.53 bits per heavy atom. The molecular formula is C9H15ClN4O4S. The predicted molar refractivity (Wildman–Crippen MR) is 71.9 cm³/mol. The lowest BCUT2D eigenvalue weighted by molar-refractivity contribution is 0.266. The van der Waals surface area contributed by atoms with Crippen LogP contribution in [0.4, 0.5) is 5.69 Å². The third-order valence-corrected chi connectivity index (χ3v) is 4.02. The van der Waals surface area contributed by atoms with E-state index in [1.807, 2.05) is 0 Å². The number of aliphatic hydroxyl groups excluding tert-OH is 1. The molecule has 0 atom stereocenters. The van der Waals surface area contributed by atoms with Gasteiger partial charge in [-0.25, -0.2) is 17.8 Å². The summed E-state index contributed by atoms with van der Waals surface area (Å²) < 4.78 is 25.6. The lowest BCUT2D eigenvalue weighted by Gasteiger charge is -2.09. The van der Waals surface area contributed by atoms with Crippen LogP contribution in [0.5, 0.6) is 0 Å². The third-order valence-electron chi connectivity index (χ3n) is 2.29. The molecule has 0 radical (unpaired) electrons. The van der Waals surface area contributed by atoms with E-state index in [2.05, 4.69) is 15.1 Å². The fourth-order valence-electron chi connectivity index (χ4n) is 1.26. The maximum atomic E-state index is 11.7. The molecule has 0 saturated heterocycles. The highest BCUT2D eigenvalue weighted by molar-refractivity contribution is 7.89. The predicted octanol–water partition coefficient (Wildman–Crippen LogP) is -1.15. The molecule has 1 heterocycles. The Labute approximate surface area is 115 Å². The first kappa shape index (κ1) is 15.9. The molecule has 108 valence electrons. The van der Waals surface area contributed by atoms with Crippen molar-refractivity contribution in [2.24, 2.45) is 0 Å². The van der Waals surface area contributed by atoms with E-state index in [9.17, 15) is 13.2 Å². The molecule has 0 fully saturated rings. The molecule has 0 saturated carbocycles. The highest BCUT2D eigenvalue weighted by atomic mass is 35.5. The van der Waals surface area contributed by atoms with Crippen LogP contribution >= 0.6 is 11.6 Å². The zero-order valence-corrected chi connectivity index (χ0v) is 11.8. The van der Waals surface area contributed by atoms with Crippen molar-refractivity contribution in [2.75, 3.05) is 31.3 Å². The number of anilines is 1. The van der Waals surface area contributed by atoms with Crippen LogP contribution < -0.4 is 15.6 Å². The van der Waals surface area contributed by atoms with E-state index in [-0.39, 0.29) is 36.2 Å². The normalized spacial score (nSPS) is 11.5. The molecule has 3 N–H and O–H groups in total. The van der Waals surface area contributed by atoms with Gasteiger partial charge in [0.15, 0.2) is 0 Å². The Balaban J connectivity index is 2.76. The van der Waals surface area contributed by atoms with Crippen LogP contribution in [0.25, 0.3) is 0 Å². The maximum Gasteiger partial charge on any atom is 0.287 e. The summed E-state index contributed by atoms with van der Waals surface area (Å²) in [6.45, 7) is -0.0859. The van der Waals surface area contributed by atoms with Crippen LogP contribution in [0.1, 0.15) is 0 Å². The Hall–Kier alpha value is -1.16. The van der Waals surface area contributed by atoms with Gasteiger partial charge >= 0.3 is 0 Å². The lowest BCUT2D eigenvalue weighted by atomic mass is 10.4. The van der Waals surface area contributed by atoms with E-state index in [1.54, 1.807) is 0 Å². The van der Waals surface area contributed by atoms with Gasteiger partial charge in [0, 0.05) is 6.54 Å². The van der Waals surface area contributed by atoms with Crippen molar-refractivity contribution < 1.29 is 13.5 Å². The topological polar surface area (TPSA) is 113 Å². The van der Waals surface area contributed by atoms with E-state index in [1.165, 1.54) is 13.2 Å². The summed E-state index contributed by atoms with van der Waals surface area (Å²) >= 11 is 5.84. The Bertz CT molecular complexity index is 586. The van der Waals surface area contributed by atoms with Gasteiger partial charge in [0.2, 0.25) is 10.0 Å². The minimum absolute atomic E-state index is 0.0486. The van der Waals surface area contributed by atoms with E-state index in [4.69, 9.17) is 16.7 Å². The van der Waals surface area contributed by atoms with Gasteiger partial charge in [0.25, 0.3) is 5.56 Å². The first-order chi connectivity index (χ1) is 8.91. The second kappa shape index (κ2) is 6.85. The third kappa shape index (κ3) is 4.46. The van der Waals surface area contributed by atoms with E-state index in [0.29, 0.717) is 0 Å². The van der Waals surface area contributed by atoms with Crippen molar-refractivity contribution in [3.05, 3.63) is 21.6 Å². The molecule has 1 rings (SSSR count). The molecular weight excluding hydrogens is 296 g/mol. The van der Waals surface area contributed by atoms with Gasteiger partial charge in [-0.15, -0.1) is 0 Å². The molecule has 0 amide bonds. The smallest absolute Gasteiger partial charge is 0.287 e. The summed E-state index contributed by atoms with van der Waals surface area (Å²) in [5.74, 6) is -0.153. The molecule has 0 aliphatic carbocycles. The molecule has 1 aromatic heterocycles. The molecule has 8 nitrogen and oxygen atoms in total. The Morgan fingerprint density at radius 3 is 2.79 bits per heavy atom. The average molecular weight is 311 g/mol. The van der Waals surface area contributed by atoms with E-state index < -0.39 is 15.6 Å². The zero-order valence-electron chi connectivity index (χ0n) is 10.3. The van der Waals surface area contributed by atoms with Gasteiger partial charge in [-0.2, -0.15) is 5.10 Å². The first-order valence-electron chi connectivity index (χ1n) is 5.43. The highest BCUT2D eigenvalue weighted by Gasteiger charge is 2.10. The Kier molecular flexibility index (Phi) is 5.73. The first-order valence-corrected chi connectivity index (χ1v) is 7.46. The van der Waals surface area contributed by atoms with Crippen molar-refractivity contribution in [1.82, 2.24) is 14.5 Å². The van der Waals surface area contributed by atoms with Crippen LogP contribution in [-0.4, -0.2) is 49.3 Å². The number of halogens is 1. The van der Waals surface area contributed by atoms with Crippen molar-refractivity contribution >= 4 is 27.3 Å². The van der Waals surface area contributed by atoms with Gasteiger partial charge in [0.1, 0.15) is 5.02 Å². The number of hydrogen-bond acceptors (Lipinski definition) is 6. The number of rotatable bonds is 7. The summed E-state index contributed by atoms with van der Waals surface area (Å²) in [4.78, 5) is 11.7. The molecule has 10 heteroatoms.